The number of hydrogen-bond donors (Lipinski definition) is 1. The molecule has 0 saturated carbocycles. The van der Waals surface area contributed by atoms with E-state index < -0.39 is 23.5 Å². The Hall–Kier alpha value is -4.25. The van der Waals surface area contributed by atoms with E-state index in [4.69, 9.17) is 5.73 Å². The summed E-state index contributed by atoms with van der Waals surface area (Å²) in [5.74, 6) is 3.20. The van der Waals surface area contributed by atoms with E-state index >= 15 is 0 Å². The van der Waals surface area contributed by atoms with Crippen LogP contribution in [0.4, 0.5) is 8.78 Å². The Morgan fingerprint density at radius 2 is 1.97 bits per heavy atom. The fourth-order valence-electron chi connectivity index (χ4n) is 3.86. The van der Waals surface area contributed by atoms with E-state index in [1.807, 2.05) is 6.92 Å². The zero-order valence-electron chi connectivity index (χ0n) is 18.0. The Bertz CT molecular complexity index is 1510. The summed E-state index contributed by atoms with van der Waals surface area (Å²) in [6.07, 6.45) is 4.85. The van der Waals surface area contributed by atoms with E-state index in [1.54, 1.807) is 42.3 Å². The highest BCUT2D eigenvalue weighted by Crippen LogP contribution is 2.29. The molecule has 0 saturated heterocycles. The van der Waals surface area contributed by atoms with Crippen molar-refractivity contribution >= 4 is 11.4 Å². The quantitative estimate of drug-likeness (QED) is 0.489. The largest absolute Gasteiger partial charge is 0.366 e. The van der Waals surface area contributed by atoms with Crippen LogP contribution in [-0.2, 0) is 7.05 Å². The number of benzene rings is 1. The highest BCUT2D eigenvalue weighted by Gasteiger charge is 2.21. The molecule has 0 radical (unpaired) electrons. The summed E-state index contributed by atoms with van der Waals surface area (Å²) in [5.41, 5.74) is 7.56. The molecular weight excluding hydrogens is 426 g/mol. The van der Waals surface area contributed by atoms with Gasteiger partial charge in [0.15, 0.2) is 0 Å². The molecule has 3 aromatic heterocycles. The number of nitrogens with two attached hydrogens (primary N) is 1. The Morgan fingerprint density at radius 3 is 2.73 bits per heavy atom. The molecular formula is C25H20F2N4O2. The fourth-order valence-corrected chi connectivity index (χ4v) is 3.86. The van der Waals surface area contributed by atoms with Gasteiger partial charge in [-0.2, -0.15) is 5.10 Å². The van der Waals surface area contributed by atoms with Crippen molar-refractivity contribution in [3.63, 3.8) is 0 Å². The van der Waals surface area contributed by atoms with Crippen molar-refractivity contribution in [2.45, 2.75) is 19.3 Å². The van der Waals surface area contributed by atoms with Crippen LogP contribution in [0, 0.1) is 30.4 Å². The molecule has 4 aromatic rings. The van der Waals surface area contributed by atoms with Crippen LogP contribution >= 0.6 is 0 Å². The first-order valence-corrected chi connectivity index (χ1v) is 10.1. The average Bonchev–Trinajstić information content (AvgIpc) is 3.16. The summed E-state index contributed by atoms with van der Waals surface area (Å²) in [4.78, 5) is 24.8. The molecule has 8 heteroatoms. The molecule has 0 aliphatic heterocycles. The van der Waals surface area contributed by atoms with Crippen molar-refractivity contribution in [3.8, 4) is 11.8 Å². The molecule has 4 rings (SSSR count). The highest BCUT2D eigenvalue weighted by atomic mass is 19.1. The van der Waals surface area contributed by atoms with Crippen molar-refractivity contribution in [2.24, 2.45) is 12.8 Å². The monoisotopic (exact) mass is 446 g/mol. The SMILES string of the molecule is Cc1cnn2ccc(C(N)=O)c(C#CCC(c3cc(F)ccc3F)c3cccn(C)c3=O)c12. The fraction of sp³-hybridized carbons (Fsp3) is 0.160. The first kappa shape index (κ1) is 22.0. The summed E-state index contributed by atoms with van der Waals surface area (Å²) in [7, 11) is 1.58. The van der Waals surface area contributed by atoms with E-state index in [2.05, 4.69) is 16.9 Å². The normalized spacial score (nSPS) is 11.8. The van der Waals surface area contributed by atoms with Crippen LogP contribution in [0.5, 0.6) is 0 Å². The second-order valence-corrected chi connectivity index (χ2v) is 7.69. The zero-order chi connectivity index (χ0) is 23.7. The lowest BCUT2D eigenvalue weighted by Crippen LogP contribution is -2.23. The number of carbonyl (C=O) groups is 1. The van der Waals surface area contributed by atoms with Gasteiger partial charge in [-0.05, 0) is 48.4 Å². The molecule has 33 heavy (non-hydrogen) atoms. The average molecular weight is 446 g/mol. The summed E-state index contributed by atoms with van der Waals surface area (Å²) in [6, 6.07) is 7.89. The van der Waals surface area contributed by atoms with Crippen LogP contribution in [0.25, 0.3) is 5.52 Å². The molecule has 1 aromatic carbocycles. The second-order valence-electron chi connectivity index (χ2n) is 7.69. The number of halogens is 2. The van der Waals surface area contributed by atoms with E-state index in [0.717, 1.165) is 23.8 Å². The first-order chi connectivity index (χ1) is 15.8. The maximum absolute atomic E-state index is 14.7. The third kappa shape index (κ3) is 4.13. The van der Waals surface area contributed by atoms with Crippen molar-refractivity contribution in [2.75, 3.05) is 0 Å². The van der Waals surface area contributed by atoms with Gasteiger partial charge in [0.1, 0.15) is 11.6 Å². The Morgan fingerprint density at radius 1 is 1.18 bits per heavy atom. The first-order valence-electron chi connectivity index (χ1n) is 10.1. The zero-order valence-corrected chi connectivity index (χ0v) is 18.0. The number of amides is 1. The van der Waals surface area contributed by atoms with Gasteiger partial charge in [0, 0.05) is 37.3 Å². The van der Waals surface area contributed by atoms with Crippen LogP contribution in [-0.4, -0.2) is 20.1 Å². The smallest absolute Gasteiger partial charge is 0.254 e. The van der Waals surface area contributed by atoms with E-state index in [-0.39, 0.29) is 28.7 Å². The van der Waals surface area contributed by atoms with Crippen molar-refractivity contribution in [1.29, 1.82) is 0 Å². The minimum atomic E-state index is -0.823. The van der Waals surface area contributed by atoms with Gasteiger partial charge in [-0.1, -0.05) is 17.9 Å². The number of carbonyl (C=O) groups excluding carboxylic acids is 1. The molecule has 1 unspecified atom stereocenters. The van der Waals surface area contributed by atoms with Crippen LogP contribution < -0.4 is 11.3 Å². The van der Waals surface area contributed by atoms with Gasteiger partial charge < -0.3 is 10.3 Å². The summed E-state index contributed by atoms with van der Waals surface area (Å²) in [6.45, 7) is 1.83. The van der Waals surface area contributed by atoms with Crippen molar-refractivity contribution < 1.29 is 13.6 Å². The Kier molecular flexibility index (Phi) is 5.80. The number of pyridine rings is 2. The predicted molar refractivity (Wildman–Crippen MR) is 120 cm³/mol. The van der Waals surface area contributed by atoms with Crippen molar-refractivity contribution in [1.82, 2.24) is 14.2 Å². The highest BCUT2D eigenvalue weighted by molar-refractivity contribution is 5.98. The standard InChI is InChI=1S/C25H20F2N4O2/c1-15-14-29-31-12-10-19(24(28)32)18(23(15)31)6-3-5-17(20-7-4-11-30(2)25(20)33)21-13-16(26)8-9-22(21)27/h4,7-14,17H,5H2,1-2H3,(H2,28,32). The van der Waals surface area contributed by atoms with Gasteiger partial charge in [-0.25, -0.2) is 13.3 Å². The van der Waals surface area contributed by atoms with E-state index in [0.29, 0.717) is 11.1 Å². The third-order valence-corrected chi connectivity index (χ3v) is 5.51. The second kappa shape index (κ2) is 8.71. The molecule has 3 heterocycles. The molecule has 0 spiro atoms. The van der Waals surface area contributed by atoms with E-state index in [1.165, 1.54) is 10.6 Å². The van der Waals surface area contributed by atoms with Crippen molar-refractivity contribution in [3.05, 3.63) is 105 Å². The Balaban J connectivity index is 1.86. The number of aryl methyl sites for hydroxylation is 2. The van der Waals surface area contributed by atoms with Gasteiger partial charge in [0.25, 0.3) is 5.56 Å². The molecule has 2 N–H and O–H groups in total. The molecule has 0 fully saturated rings. The van der Waals surface area contributed by atoms with Gasteiger partial charge in [0.05, 0.1) is 22.8 Å². The lowest BCUT2D eigenvalue weighted by atomic mass is 9.88. The number of hydrogen-bond acceptors (Lipinski definition) is 3. The minimum Gasteiger partial charge on any atom is -0.366 e. The molecule has 0 bridgehead atoms. The number of aromatic nitrogens is 3. The molecule has 166 valence electrons. The molecule has 1 amide bonds. The minimum absolute atomic E-state index is 0.00602. The van der Waals surface area contributed by atoms with Crippen LogP contribution in [0.3, 0.4) is 0 Å². The van der Waals surface area contributed by atoms with Gasteiger partial charge in [-0.15, -0.1) is 0 Å². The summed E-state index contributed by atoms with van der Waals surface area (Å²) >= 11 is 0. The Labute approximate surface area is 188 Å². The molecule has 6 nitrogen and oxygen atoms in total. The number of fused-ring (bicyclic) bond motifs is 1. The van der Waals surface area contributed by atoms with Gasteiger partial charge in [-0.3, -0.25) is 9.59 Å². The molecule has 0 aliphatic rings. The number of rotatable bonds is 4. The lowest BCUT2D eigenvalue weighted by molar-refractivity contribution is 0.1000. The third-order valence-electron chi connectivity index (χ3n) is 5.51. The van der Waals surface area contributed by atoms with Crippen LogP contribution in [0.2, 0.25) is 0 Å². The summed E-state index contributed by atoms with van der Waals surface area (Å²) in [5, 5.41) is 4.22. The molecule has 0 aliphatic carbocycles. The van der Waals surface area contributed by atoms with Gasteiger partial charge in [0.2, 0.25) is 5.91 Å². The number of primary amides is 1. The summed E-state index contributed by atoms with van der Waals surface area (Å²) < 4.78 is 31.6. The van der Waals surface area contributed by atoms with Crippen LogP contribution in [0.1, 0.15) is 45.0 Å². The lowest BCUT2D eigenvalue weighted by Gasteiger charge is -2.16. The predicted octanol–water partition coefficient (Wildman–Crippen LogP) is 3.29. The maximum Gasteiger partial charge on any atom is 0.254 e. The number of nitrogens with zero attached hydrogens (tertiary/aromatic N) is 3. The topological polar surface area (TPSA) is 82.4 Å². The molecule has 1 atom stereocenters. The van der Waals surface area contributed by atoms with E-state index in [9.17, 15) is 18.4 Å². The van der Waals surface area contributed by atoms with Crippen LogP contribution in [0.15, 0.2) is 59.8 Å². The maximum atomic E-state index is 14.7. The van der Waals surface area contributed by atoms with Gasteiger partial charge >= 0.3 is 0 Å².